The second kappa shape index (κ2) is 5.82. The lowest BCUT2D eigenvalue weighted by Gasteiger charge is -2.18. The molecule has 2 aromatic carbocycles. The fourth-order valence-corrected chi connectivity index (χ4v) is 3.10. The topological polar surface area (TPSA) is 38.3 Å². The van der Waals surface area contributed by atoms with Crippen LogP contribution in [0.2, 0.25) is 10.0 Å². The zero-order valence-corrected chi connectivity index (χ0v) is 13.5. The maximum Gasteiger partial charge on any atom is 0.235 e. The number of methoxy groups -OCH3 is 1. The van der Waals surface area contributed by atoms with Crippen molar-refractivity contribution in [3.8, 4) is 5.75 Å². The van der Waals surface area contributed by atoms with Crippen LogP contribution in [0.5, 0.6) is 5.75 Å². The first-order valence-corrected chi connectivity index (χ1v) is 7.72. The molecule has 0 unspecified atom stereocenters. The van der Waals surface area contributed by atoms with Crippen LogP contribution < -0.4 is 10.1 Å². The molecule has 0 bridgehead atoms. The molecule has 0 spiro atoms. The number of hydrogen-bond donors (Lipinski definition) is 1. The highest BCUT2D eigenvalue weighted by Crippen LogP contribution is 2.51. The summed E-state index contributed by atoms with van der Waals surface area (Å²) in [6, 6.07) is 12.6. The quantitative estimate of drug-likeness (QED) is 0.881. The van der Waals surface area contributed by atoms with E-state index in [1.165, 1.54) is 0 Å². The van der Waals surface area contributed by atoms with Gasteiger partial charge < -0.3 is 10.1 Å². The Morgan fingerprint density at radius 1 is 1.18 bits per heavy atom. The van der Waals surface area contributed by atoms with Gasteiger partial charge in [0, 0.05) is 10.0 Å². The summed E-state index contributed by atoms with van der Waals surface area (Å²) in [5.74, 6) is 0.494. The van der Waals surface area contributed by atoms with E-state index in [4.69, 9.17) is 27.9 Å². The number of hydrogen-bond acceptors (Lipinski definition) is 2. The molecule has 0 aromatic heterocycles. The van der Waals surface area contributed by atoms with Gasteiger partial charge in [0.05, 0.1) is 18.2 Å². The van der Waals surface area contributed by atoms with Crippen molar-refractivity contribution < 1.29 is 9.53 Å². The Balaban J connectivity index is 1.90. The lowest BCUT2D eigenvalue weighted by atomic mass is 9.94. The maximum atomic E-state index is 12.8. The van der Waals surface area contributed by atoms with E-state index in [0.29, 0.717) is 21.5 Å². The molecule has 22 heavy (non-hydrogen) atoms. The number of anilines is 1. The molecule has 1 N–H and O–H groups in total. The second-order valence-corrected chi connectivity index (χ2v) is 6.20. The highest BCUT2D eigenvalue weighted by atomic mass is 35.5. The Bertz CT molecular complexity index is 726. The van der Waals surface area contributed by atoms with Crippen LogP contribution in [-0.2, 0) is 10.2 Å². The second-order valence-electron chi connectivity index (χ2n) is 5.36. The fourth-order valence-electron chi connectivity index (χ4n) is 2.61. The van der Waals surface area contributed by atoms with E-state index < -0.39 is 5.41 Å². The molecule has 0 aliphatic heterocycles. The molecule has 1 aliphatic rings. The fraction of sp³-hybridized carbons (Fsp3) is 0.235. The zero-order chi connectivity index (χ0) is 15.7. The number of rotatable bonds is 4. The van der Waals surface area contributed by atoms with Crippen molar-refractivity contribution in [2.45, 2.75) is 18.3 Å². The summed E-state index contributed by atoms with van der Waals surface area (Å²) in [5.41, 5.74) is 0.888. The first kappa shape index (κ1) is 15.2. The van der Waals surface area contributed by atoms with E-state index in [9.17, 15) is 4.79 Å². The van der Waals surface area contributed by atoms with Crippen LogP contribution in [0.25, 0.3) is 0 Å². The number of carbonyl (C=O) groups excluding carboxylic acids is 1. The summed E-state index contributed by atoms with van der Waals surface area (Å²) in [5, 5.41) is 4.08. The van der Waals surface area contributed by atoms with Gasteiger partial charge in [-0.05, 0) is 42.7 Å². The third kappa shape index (κ3) is 2.67. The maximum absolute atomic E-state index is 12.8. The number of ether oxygens (including phenoxy) is 1. The van der Waals surface area contributed by atoms with E-state index >= 15 is 0 Å². The number of benzene rings is 2. The van der Waals surface area contributed by atoms with E-state index in [0.717, 1.165) is 18.4 Å². The van der Waals surface area contributed by atoms with Crippen molar-refractivity contribution in [3.05, 3.63) is 58.1 Å². The monoisotopic (exact) mass is 335 g/mol. The average molecular weight is 336 g/mol. The molecule has 0 heterocycles. The van der Waals surface area contributed by atoms with Crippen LogP contribution in [0, 0.1) is 0 Å². The van der Waals surface area contributed by atoms with Crippen molar-refractivity contribution in [1.29, 1.82) is 0 Å². The molecule has 0 saturated heterocycles. The molecule has 3 nitrogen and oxygen atoms in total. The lowest BCUT2D eigenvalue weighted by Crippen LogP contribution is -2.28. The van der Waals surface area contributed by atoms with Gasteiger partial charge in [0.1, 0.15) is 5.75 Å². The van der Waals surface area contributed by atoms with Crippen molar-refractivity contribution >= 4 is 34.8 Å². The highest BCUT2D eigenvalue weighted by molar-refractivity contribution is 6.32. The van der Waals surface area contributed by atoms with Crippen molar-refractivity contribution in [2.24, 2.45) is 0 Å². The minimum Gasteiger partial charge on any atom is -0.495 e. The van der Waals surface area contributed by atoms with Gasteiger partial charge in [-0.25, -0.2) is 0 Å². The van der Waals surface area contributed by atoms with Crippen LogP contribution in [0.15, 0.2) is 42.5 Å². The molecule has 1 fully saturated rings. The van der Waals surface area contributed by atoms with Gasteiger partial charge in [0.15, 0.2) is 0 Å². The van der Waals surface area contributed by atoms with Gasteiger partial charge >= 0.3 is 0 Å². The Morgan fingerprint density at radius 2 is 1.91 bits per heavy atom. The van der Waals surface area contributed by atoms with Gasteiger partial charge in [-0.3, -0.25) is 4.79 Å². The van der Waals surface area contributed by atoms with Crippen molar-refractivity contribution in [2.75, 3.05) is 12.4 Å². The molecule has 0 atom stereocenters. The van der Waals surface area contributed by atoms with E-state index in [1.807, 2.05) is 24.3 Å². The molecular weight excluding hydrogens is 321 g/mol. The Morgan fingerprint density at radius 3 is 2.55 bits per heavy atom. The number of carbonyl (C=O) groups is 1. The molecule has 1 saturated carbocycles. The largest absolute Gasteiger partial charge is 0.495 e. The SMILES string of the molecule is COc1ccc(Cl)cc1NC(=O)C1(c2ccccc2Cl)CC1. The van der Waals surface area contributed by atoms with E-state index in [-0.39, 0.29) is 5.91 Å². The molecule has 5 heteroatoms. The summed E-state index contributed by atoms with van der Waals surface area (Å²) in [6.45, 7) is 0. The van der Waals surface area contributed by atoms with Gasteiger partial charge in [0.25, 0.3) is 0 Å². The van der Waals surface area contributed by atoms with Crippen LogP contribution in [0.1, 0.15) is 18.4 Å². The number of nitrogens with one attached hydrogen (secondary N) is 1. The van der Waals surface area contributed by atoms with Crippen LogP contribution in [0.3, 0.4) is 0 Å². The van der Waals surface area contributed by atoms with Crippen molar-refractivity contribution in [3.63, 3.8) is 0 Å². The lowest BCUT2D eigenvalue weighted by molar-refractivity contribution is -0.118. The normalized spacial score (nSPS) is 15.2. The standard InChI is InChI=1S/C17H15Cl2NO2/c1-22-15-7-6-11(18)10-14(15)20-16(21)17(8-9-17)12-4-2-3-5-13(12)19/h2-7,10H,8-9H2,1H3,(H,20,21). The summed E-state index contributed by atoms with van der Waals surface area (Å²) < 4.78 is 5.26. The molecular formula is C17H15Cl2NO2. The summed E-state index contributed by atoms with van der Waals surface area (Å²) in [6.07, 6.45) is 1.57. The van der Waals surface area contributed by atoms with Crippen LogP contribution in [0.4, 0.5) is 5.69 Å². The molecule has 0 radical (unpaired) electrons. The summed E-state index contributed by atoms with van der Waals surface area (Å²) >= 11 is 12.3. The number of halogens is 2. The third-order valence-corrected chi connectivity index (χ3v) is 4.55. The third-order valence-electron chi connectivity index (χ3n) is 3.98. The number of amides is 1. The summed E-state index contributed by atoms with van der Waals surface area (Å²) in [4.78, 5) is 12.8. The molecule has 3 rings (SSSR count). The van der Waals surface area contributed by atoms with Gasteiger partial charge in [-0.15, -0.1) is 0 Å². The average Bonchev–Trinajstić information content (AvgIpc) is 3.29. The van der Waals surface area contributed by atoms with Crippen molar-refractivity contribution in [1.82, 2.24) is 0 Å². The van der Waals surface area contributed by atoms with Crippen LogP contribution in [-0.4, -0.2) is 13.0 Å². The van der Waals surface area contributed by atoms with Gasteiger partial charge in [-0.2, -0.15) is 0 Å². The first-order chi connectivity index (χ1) is 10.6. The highest BCUT2D eigenvalue weighted by Gasteiger charge is 2.52. The van der Waals surface area contributed by atoms with Gasteiger partial charge in [-0.1, -0.05) is 41.4 Å². The van der Waals surface area contributed by atoms with E-state index in [1.54, 1.807) is 25.3 Å². The van der Waals surface area contributed by atoms with Crippen LogP contribution >= 0.6 is 23.2 Å². The Labute approximate surface area is 139 Å². The zero-order valence-electron chi connectivity index (χ0n) is 12.0. The smallest absolute Gasteiger partial charge is 0.235 e. The molecule has 114 valence electrons. The molecule has 1 amide bonds. The first-order valence-electron chi connectivity index (χ1n) is 6.97. The molecule has 2 aromatic rings. The molecule has 1 aliphatic carbocycles. The minimum absolute atomic E-state index is 0.0823. The minimum atomic E-state index is -0.550. The Hall–Kier alpha value is -1.71. The van der Waals surface area contributed by atoms with E-state index in [2.05, 4.69) is 5.32 Å². The Kier molecular flexibility index (Phi) is 4.02. The predicted octanol–water partition coefficient (Wildman–Crippen LogP) is 4.67. The van der Waals surface area contributed by atoms with Gasteiger partial charge in [0.2, 0.25) is 5.91 Å². The predicted molar refractivity (Wildman–Crippen MR) is 89.0 cm³/mol. The summed E-state index contributed by atoms with van der Waals surface area (Å²) in [7, 11) is 1.56.